The fourth-order valence-electron chi connectivity index (χ4n) is 2.40. The van der Waals surface area contributed by atoms with Gasteiger partial charge in [0, 0.05) is 19.6 Å². The van der Waals surface area contributed by atoms with Crippen LogP contribution in [0.2, 0.25) is 0 Å². The molecule has 1 fully saturated rings. The summed E-state index contributed by atoms with van der Waals surface area (Å²) in [6, 6.07) is 9.51. The second-order valence-corrected chi connectivity index (χ2v) is 6.42. The van der Waals surface area contributed by atoms with Gasteiger partial charge in [0.05, 0.1) is 10.0 Å². The summed E-state index contributed by atoms with van der Waals surface area (Å²) in [4.78, 5) is 24.9. The van der Waals surface area contributed by atoms with Crippen molar-refractivity contribution in [2.45, 2.75) is 25.0 Å². The van der Waals surface area contributed by atoms with E-state index in [0.717, 1.165) is 5.56 Å². The lowest BCUT2D eigenvalue weighted by Crippen LogP contribution is -2.52. The number of carbonyl (C=O) groups is 2. The molecule has 0 aliphatic carbocycles. The summed E-state index contributed by atoms with van der Waals surface area (Å²) in [6.45, 7) is 1.31. The minimum Gasteiger partial charge on any atom is -0.445 e. The number of nitrogens with one attached hydrogen (secondary N) is 1. The Morgan fingerprint density at radius 3 is 2.52 bits per heavy atom. The Kier molecular flexibility index (Phi) is 6.64. The van der Waals surface area contributed by atoms with E-state index in [2.05, 4.69) is 5.32 Å². The number of piperidine rings is 1. The average molecular weight is 432 g/mol. The summed E-state index contributed by atoms with van der Waals surface area (Å²) < 4.78 is 5.65. The van der Waals surface area contributed by atoms with Gasteiger partial charge in [0.15, 0.2) is 0 Å². The zero-order valence-corrected chi connectivity index (χ0v) is 15.0. The monoisotopic (exact) mass is 432 g/mol. The second kappa shape index (κ2) is 8.49. The number of rotatable bonds is 5. The van der Waals surface area contributed by atoms with Crippen LogP contribution in [0.3, 0.4) is 0 Å². The Bertz CT molecular complexity index is 530. The van der Waals surface area contributed by atoms with Gasteiger partial charge in [0.1, 0.15) is 6.61 Å². The number of hydrogen-bond donors (Lipinski definition) is 2. The summed E-state index contributed by atoms with van der Waals surface area (Å²) in [7, 11) is 0. The fraction of sp³-hybridized carbons (Fsp3) is 0.500. The third-order valence-corrected chi connectivity index (χ3v) is 4.59. The van der Waals surface area contributed by atoms with E-state index >= 15 is 0 Å². The highest BCUT2D eigenvalue weighted by molar-refractivity contribution is 14.1. The molecular weight excluding hydrogens is 411 g/mol. The van der Waals surface area contributed by atoms with Crippen LogP contribution in [0.15, 0.2) is 30.3 Å². The Labute approximate surface area is 149 Å². The van der Waals surface area contributed by atoms with Crippen LogP contribution in [0.4, 0.5) is 4.79 Å². The van der Waals surface area contributed by atoms with Crippen LogP contribution in [-0.2, 0) is 16.1 Å². The van der Waals surface area contributed by atoms with Gasteiger partial charge in [-0.25, -0.2) is 4.79 Å². The number of carbonyl (C=O) groups excluding carboxylic acids is 2. The van der Waals surface area contributed by atoms with Crippen molar-refractivity contribution in [1.29, 1.82) is 0 Å². The SMILES string of the molecule is O=C(CI)NCC1(O)CCN(C(=O)OCc2ccccc2)CC1. The number of halogens is 1. The van der Waals surface area contributed by atoms with Crippen LogP contribution < -0.4 is 5.32 Å². The first kappa shape index (κ1) is 18.0. The highest BCUT2D eigenvalue weighted by Gasteiger charge is 2.34. The highest BCUT2D eigenvalue weighted by atomic mass is 127. The Morgan fingerprint density at radius 1 is 1.26 bits per heavy atom. The van der Waals surface area contributed by atoms with E-state index in [9.17, 15) is 14.7 Å². The number of aliphatic hydroxyl groups is 1. The molecule has 2 N–H and O–H groups in total. The molecule has 0 aromatic heterocycles. The first-order valence-corrected chi connectivity index (χ1v) is 9.06. The van der Waals surface area contributed by atoms with E-state index in [-0.39, 0.29) is 25.2 Å². The van der Waals surface area contributed by atoms with Gasteiger partial charge in [-0.2, -0.15) is 0 Å². The Hall–Kier alpha value is -1.35. The van der Waals surface area contributed by atoms with Crippen molar-refractivity contribution < 1.29 is 19.4 Å². The molecule has 0 radical (unpaired) electrons. The molecule has 126 valence electrons. The third kappa shape index (κ3) is 5.65. The molecule has 6 nitrogen and oxygen atoms in total. The minimum atomic E-state index is -0.947. The number of nitrogens with zero attached hydrogens (tertiary/aromatic N) is 1. The first-order valence-electron chi connectivity index (χ1n) is 7.53. The first-order chi connectivity index (χ1) is 11.0. The van der Waals surface area contributed by atoms with Gasteiger partial charge in [0.2, 0.25) is 5.91 Å². The maximum absolute atomic E-state index is 12.0. The van der Waals surface area contributed by atoms with Crippen molar-refractivity contribution in [3.63, 3.8) is 0 Å². The van der Waals surface area contributed by atoms with Crippen LogP contribution in [-0.4, -0.2) is 51.7 Å². The van der Waals surface area contributed by atoms with Crippen molar-refractivity contribution >= 4 is 34.6 Å². The van der Waals surface area contributed by atoms with Gasteiger partial charge in [-0.15, -0.1) is 0 Å². The zero-order valence-electron chi connectivity index (χ0n) is 12.8. The van der Waals surface area contributed by atoms with E-state index in [4.69, 9.17) is 4.74 Å². The van der Waals surface area contributed by atoms with Crippen LogP contribution in [0.25, 0.3) is 0 Å². The Balaban J connectivity index is 1.75. The predicted octanol–water partition coefficient (Wildman–Crippen LogP) is 1.70. The van der Waals surface area contributed by atoms with Gasteiger partial charge < -0.3 is 20.1 Å². The predicted molar refractivity (Wildman–Crippen MR) is 94.3 cm³/mol. The summed E-state index contributed by atoms with van der Waals surface area (Å²) in [5.74, 6) is -0.0938. The molecule has 0 atom stereocenters. The molecule has 1 heterocycles. The maximum atomic E-state index is 12.0. The summed E-state index contributed by atoms with van der Waals surface area (Å²) >= 11 is 1.98. The van der Waals surface area contributed by atoms with E-state index in [1.54, 1.807) is 4.90 Å². The molecule has 23 heavy (non-hydrogen) atoms. The quantitative estimate of drug-likeness (QED) is 0.549. The van der Waals surface area contributed by atoms with Crippen molar-refractivity contribution in [2.24, 2.45) is 0 Å². The number of alkyl halides is 1. The second-order valence-electron chi connectivity index (χ2n) is 5.66. The van der Waals surface area contributed by atoms with Crippen molar-refractivity contribution in [3.05, 3.63) is 35.9 Å². The van der Waals surface area contributed by atoms with Crippen LogP contribution in [0.1, 0.15) is 18.4 Å². The van der Waals surface area contributed by atoms with Crippen molar-refractivity contribution in [3.8, 4) is 0 Å². The molecule has 7 heteroatoms. The normalized spacial score (nSPS) is 16.7. The molecule has 2 rings (SSSR count). The molecular formula is C16H21IN2O4. The van der Waals surface area contributed by atoms with Gasteiger partial charge >= 0.3 is 6.09 Å². The molecule has 0 saturated carbocycles. The van der Waals surface area contributed by atoms with Crippen LogP contribution >= 0.6 is 22.6 Å². The van der Waals surface area contributed by atoms with Gasteiger partial charge in [-0.1, -0.05) is 52.9 Å². The molecule has 1 aromatic carbocycles. The fourth-order valence-corrected chi connectivity index (χ4v) is 2.67. The molecule has 1 aliphatic heterocycles. The highest BCUT2D eigenvalue weighted by Crippen LogP contribution is 2.22. The molecule has 0 unspecified atom stereocenters. The number of benzene rings is 1. The molecule has 0 spiro atoms. The third-order valence-electron chi connectivity index (χ3n) is 3.89. The Morgan fingerprint density at radius 2 is 1.91 bits per heavy atom. The largest absolute Gasteiger partial charge is 0.445 e. The van der Waals surface area contributed by atoms with Gasteiger partial charge in [-0.05, 0) is 18.4 Å². The van der Waals surface area contributed by atoms with Gasteiger partial charge in [-0.3, -0.25) is 4.79 Å². The number of hydrogen-bond acceptors (Lipinski definition) is 4. The van der Waals surface area contributed by atoms with E-state index in [1.807, 2.05) is 52.9 Å². The average Bonchev–Trinajstić information content (AvgIpc) is 2.59. The van der Waals surface area contributed by atoms with Crippen molar-refractivity contribution in [2.75, 3.05) is 24.1 Å². The number of amides is 2. The molecule has 2 amide bonds. The van der Waals surface area contributed by atoms with Gasteiger partial charge in [0.25, 0.3) is 0 Å². The lowest BCUT2D eigenvalue weighted by atomic mass is 9.91. The molecule has 0 bridgehead atoms. The lowest BCUT2D eigenvalue weighted by Gasteiger charge is -2.37. The van der Waals surface area contributed by atoms with Crippen molar-refractivity contribution in [1.82, 2.24) is 10.2 Å². The maximum Gasteiger partial charge on any atom is 0.410 e. The summed E-state index contributed by atoms with van der Waals surface area (Å²) in [5, 5.41) is 13.1. The number of ether oxygens (including phenoxy) is 1. The van der Waals surface area contributed by atoms with E-state index in [0.29, 0.717) is 30.4 Å². The van der Waals surface area contributed by atoms with E-state index < -0.39 is 5.60 Å². The van der Waals surface area contributed by atoms with Crippen LogP contribution in [0.5, 0.6) is 0 Å². The topological polar surface area (TPSA) is 78.9 Å². The zero-order chi connectivity index (χ0) is 16.7. The summed E-state index contributed by atoms with van der Waals surface area (Å²) in [6.07, 6.45) is 0.483. The molecule has 1 aliphatic rings. The lowest BCUT2D eigenvalue weighted by molar-refractivity contribution is -0.120. The van der Waals surface area contributed by atoms with Crippen LogP contribution in [0, 0.1) is 0 Å². The number of likely N-dealkylation sites (tertiary alicyclic amines) is 1. The smallest absolute Gasteiger partial charge is 0.410 e. The van der Waals surface area contributed by atoms with E-state index in [1.165, 1.54) is 0 Å². The minimum absolute atomic E-state index is 0.0938. The summed E-state index contributed by atoms with van der Waals surface area (Å²) in [5.41, 5.74) is -0.00612. The standard InChI is InChI=1S/C16H21IN2O4/c17-10-14(20)18-12-16(22)6-8-19(9-7-16)15(21)23-11-13-4-2-1-3-5-13/h1-5,22H,6-12H2,(H,18,20). The molecule has 1 saturated heterocycles. The molecule has 1 aromatic rings.